The Bertz CT molecular complexity index is 453. The number of carboxylic acid groups (broad SMARTS) is 1. The first-order valence-electron chi connectivity index (χ1n) is 8.01. The average molecular weight is 280 g/mol. The van der Waals surface area contributed by atoms with E-state index in [0.29, 0.717) is 12.3 Å². The lowest BCUT2D eigenvalue weighted by molar-refractivity contribution is -0.163. The van der Waals surface area contributed by atoms with Crippen LogP contribution in [-0.4, -0.2) is 29.1 Å². The fourth-order valence-electron chi connectivity index (χ4n) is 5.02. The maximum atomic E-state index is 12.2. The molecule has 4 fully saturated rings. The van der Waals surface area contributed by atoms with Crippen LogP contribution >= 0.6 is 0 Å². The topological polar surface area (TPSA) is 62.4 Å². The zero-order chi connectivity index (χ0) is 14.2. The standard InChI is InChI=1S/C16H24O4/c1-14(2)12-16(20-12)11(19-16)9-15(14,13(17)18)8-10-6-4-3-5-7-10/h10-12H,3-9H2,1-2H3,(H,17,18). The van der Waals surface area contributed by atoms with Gasteiger partial charge in [0, 0.05) is 5.41 Å². The van der Waals surface area contributed by atoms with E-state index in [1.165, 1.54) is 32.1 Å². The molecular weight excluding hydrogens is 256 g/mol. The molecular formula is C16H24O4. The Balaban J connectivity index is 1.63. The fourth-order valence-corrected chi connectivity index (χ4v) is 5.02. The van der Waals surface area contributed by atoms with Gasteiger partial charge in [-0.1, -0.05) is 46.0 Å². The summed E-state index contributed by atoms with van der Waals surface area (Å²) < 4.78 is 11.4. The summed E-state index contributed by atoms with van der Waals surface area (Å²) in [6, 6.07) is 0. The molecule has 2 aliphatic carbocycles. The van der Waals surface area contributed by atoms with Crippen molar-refractivity contribution in [2.45, 2.75) is 76.8 Å². The van der Waals surface area contributed by atoms with Crippen LogP contribution < -0.4 is 0 Å². The summed E-state index contributed by atoms with van der Waals surface area (Å²) in [4.78, 5) is 12.2. The summed E-state index contributed by atoms with van der Waals surface area (Å²) in [6.45, 7) is 4.14. The van der Waals surface area contributed by atoms with Crippen molar-refractivity contribution < 1.29 is 19.4 Å². The van der Waals surface area contributed by atoms with E-state index in [-0.39, 0.29) is 23.4 Å². The summed E-state index contributed by atoms with van der Waals surface area (Å²) in [6.07, 6.45) is 7.62. The monoisotopic (exact) mass is 280 g/mol. The molecule has 2 heterocycles. The normalized spacial score (nSPS) is 49.1. The second-order valence-corrected chi connectivity index (χ2v) is 7.85. The molecule has 4 rings (SSSR count). The molecule has 112 valence electrons. The molecule has 2 saturated carbocycles. The minimum atomic E-state index is -0.680. The van der Waals surface area contributed by atoms with Crippen molar-refractivity contribution in [2.75, 3.05) is 0 Å². The summed E-state index contributed by atoms with van der Waals surface area (Å²) in [5.74, 6) is -0.466. The second-order valence-electron chi connectivity index (χ2n) is 7.85. The molecule has 2 aliphatic heterocycles. The first-order valence-corrected chi connectivity index (χ1v) is 8.01. The SMILES string of the molecule is CC1(C)C2OC23OC3CC1(CC1CCCCC1)C(=O)O. The van der Waals surface area contributed by atoms with Gasteiger partial charge >= 0.3 is 5.97 Å². The molecule has 0 amide bonds. The minimum absolute atomic E-state index is 0.0200. The highest BCUT2D eigenvalue weighted by Gasteiger charge is 2.87. The summed E-state index contributed by atoms with van der Waals surface area (Å²) in [5.41, 5.74) is -1.02. The highest BCUT2D eigenvalue weighted by Crippen LogP contribution is 2.73. The van der Waals surface area contributed by atoms with E-state index < -0.39 is 11.4 Å². The fraction of sp³-hybridized carbons (Fsp3) is 0.938. The summed E-state index contributed by atoms with van der Waals surface area (Å²) in [5, 5.41) is 10.0. The van der Waals surface area contributed by atoms with Gasteiger partial charge in [0.2, 0.25) is 5.79 Å². The van der Waals surface area contributed by atoms with Gasteiger partial charge in [-0.05, 0) is 18.8 Å². The Kier molecular flexibility index (Phi) is 2.47. The van der Waals surface area contributed by atoms with Crippen LogP contribution in [0, 0.1) is 16.7 Å². The molecule has 2 saturated heterocycles. The third-order valence-corrected chi connectivity index (χ3v) is 6.52. The van der Waals surface area contributed by atoms with Gasteiger partial charge in [0.1, 0.15) is 12.2 Å². The van der Waals surface area contributed by atoms with Crippen molar-refractivity contribution in [1.29, 1.82) is 0 Å². The lowest BCUT2D eigenvalue weighted by Crippen LogP contribution is -2.53. The molecule has 4 aliphatic rings. The molecule has 4 heteroatoms. The van der Waals surface area contributed by atoms with Crippen molar-refractivity contribution in [1.82, 2.24) is 0 Å². The predicted molar refractivity (Wildman–Crippen MR) is 72.1 cm³/mol. The summed E-state index contributed by atoms with van der Waals surface area (Å²) in [7, 11) is 0. The Morgan fingerprint density at radius 1 is 1.20 bits per heavy atom. The van der Waals surface area contributed by atoms with Crippen LogP contribution in [0.1, 0.15) is 58.8 Å². The third kappa shape index (κ3) is 1.47. The maximum absolute atomic E-state index is 12.2. The quantitative estimate of drug-likeness (QED) is 0.807. The second kappa shape index (κ2) is 3.77. The molecule has 0 radical (unpaired) electrons. The van der Waals surface area contributed by atoms with Crippen molar-refractivity contribution >= 4 is 5.97 Å². The smallest absolute Gasteiger partial charge is 0.310 e. The van der Waals surface area contributed by atoms with Gasteiger partial charge in [-0.2, -0.15) is 0 Å². The van der Waals surface area contributed by atoms with Gasteiger partial charge < -0.3 is 14.6 Å². The van der Waals surface area contributed by atoms with Gasteiger partial charge in [-0.15, -0.1) is 0 Å². The summed E-state index contributed by atoms with van der Waals surface area (Å²) >= 11 is 0. The average Bonchev–Trinajstić information content (AvgIpc) is 3.28. The highest BCUT2D eigenvalue weighted by atomic mass is 16.9. The zero-order valence-electron chi connectivity index (χ0n) is 12.4. The van der Waals surface area contributed by atoms with Crippen LogP contribution in [-0.2, 0) is 14.3 Å². The van der Waals surface area contributed by atoms with E-state index in [4.69, 9.17) is 9.47 Å². The molecule has 4 nitrogen and oxygen atoms in total. The van der Waals surface area contributed by atoms with E-state index >= 15 is 0 Å². The van der Waals surface area contributed by atoms with E-state index in [2.05, 4.69) is 13.8 Å². The number of ether oxygens (including phenoxy) is 2. The van der Waals surface area contributed by atoms with Gasteiger partial charge in [0.25, 0.3) is 0 Å². The van der Waals surface area contributed by atoms with Crippen molar-refractivity contribution in [3.8, 4) is 0 Å². The van der Waals surface area contributed by atoms with Crippen LogP contribution in [0.3, 0.4) is 0 Å². The Hall–Kier alpha value is -0.610. The lowest BCUT2D eigenvalue weighted by atomic mass is 9.54. The van der Waals surface area contributed by atoms with Crippen LogP contribution in [0.25, 0.3) is 0 Å². The number of aliphatic carboxylic acids is 1. The first-order chi connectivity index (χ1) is 9.42. The lowest BCUT2D eigenvalue weighted by Gasteiger charge is -2.46. The molecule has 0 aromatic carbocycles. The van der Waals surface area contributed by atoms with E-state index in [0.717, 1.165) is 6.42 Å². The van der Waals surface area contributed by atoms with Crippen molar-refractivity contribution in [3.63, 3.8) is 0 Å². The Morgan fingerprint density at radius 2 is 1.90 bits per heavy atom. The Morgan fingerprint density at radius 3 is 2.55 bits per heavy atom. The molecule has 0 aromatic heterocycles. The number of epoxide rings is 2. The van der Waals surface area contributed by atoms with Gasteiger partial charge in [-0.25, -0.2) is 0 Å². The predicted octanol–water partition coefficient (Wildman–Crippen LogP) is 2.95. The molecule has 1 N–H and O–H groups in total. The zero-order valence-corrected chi connectivity index (χ0v) is 12.4. The molecule has 20 heavy (non-hydrogen) atoms. The number of carbonyl (C=O) groups is 1. The van der Waals surface area contributed by atoms with Crippen LogP contribution in [0.4, 0.5) is 0 Å². The van der Waals surface area contributed by atoms with E-state index in [1.54, 1.807) is 0 Å². The molecule has 0 bridgehead atoms. The number of hydrogen-bond donors (Lipinski definition) is 1. The van der Waals surface area contributed by atoms with E-state index in [1.807, 2.05) is 0 Å². The minimum Gasteiger partial charge on any atom is -0.481 e. The number of rotatable bonds is 3. The van der Waals surface area contributed by atoms with Crippen LogP contribution in [0.15, 0.2) is 0 Å². The van der Waals surface area contributed by atoms with Gasteiger partial charge in [0.05, 0.1) is 5.41 Å². The van der Waals surface area contributed by atoms with Crippen molar-refractivity contribution in [2.24, 2.45) is 16.7 Å². The van der Waals surface area contributed by atoms with Gasteiger partial charge in [-0.3, -0.25) is 4.79 Å². The molecule has 1 spiro atoms. The van der Waals surface area contributed by atoms with Gasteiger partial charge in [0.15, 0.2) is 0 Å². The van der Waals surface area contributed by atoms with Crippen LogP contribution in [0.2, 0.25) is 0 Å². The first kappa shape index (κ1) is 13.1. The highest BCUT2D eigenvalue weighted by molar-refractivity contribution is 5.77. The van der Waals surface area contributed by atoms with Crippen LogP contribution in [0.5, 0.6) is 0 Å². The van der Waals surface area contributed by atoms with Crippen molar-refractivity contribution in [3.05, 3.63) is 0 Å². The molecule has 0 aromatic rings. The molecule has 4 unspecified atom stereocenters. The molecule has 4 atom stereocenters. The largest absolute Gasteiger partial charge is 0.481 e. The third-order valence-electron chi connectivity index (χ3n) is 6.52. The number of hydrogen-bond acceptors (Lipinski definition) is 3. The van der Waals surface area contributed by atoms with E-state index in [9.17, 15) is 9.90 Å². The number of carboxylic acids is 1. The Labute approximate surface area is 119 Å². The maximum Gasteiger partial charge on any atom is 0.310 e.